The van der Waals surface area contributed by atoms with E-state index >= 15 is 0 Å². The maximum Gasteiger partial charge on any atom is 0.169 e. The van der Waals surface area contributed by atoms with Crippen molar-refractivity contribution in [2.24, 2.45) is 0 Å². The first-order valence-corrected chi connectivity index (χ1v) is 8.27. The molecule has 4 heteroatoms. The third-order valence-electron chi connectivity index (χ3n) is 4.03. The Bertz CT molecular complexity index is 569. The Morgan fingerprint density at radius 2 is 2.10 bits per heavy atom. The number of likely N-dealkylation sites (tertiary alicyclic amines) is 1. The molecule has 0 amide bonds. The van der Waals surface area contributed by atoms with Gasteiger partial charge >= 0.3 is 0 Å². The Morgan fingerprint density at radius 3 is 2.81 bits per heavy atom. The van der Waals surface area contributed by atoms with E-state index in [4.69, 9.17) is 4.42 Å². The Kier molecular flexibility index (Phi) is 4.78. The van der Waals surface area contributed by atoms with E-state index in [2.05, 4.69) is 63.4 Å². The van der Waals surface area contributed by atoms with Crippen LogP contribution >= 0.6 is 15.9 Å². The van der Waals surface area contributed by atoms with E-state index in [0.29, 0.717) is 6.04 Å². The molecule has 0 saturated carbocycles. The van der Waals surface area contributed by atoms with Crippen molar-refractivity contribution in [3.8, 4) is 0 Å². The predicted octanol–water partition coefficient (Wildman–Crippen LogP) is 3.97. The van der Waals surface area contributed by atoms with E-state index in [-0.39, 0.29) is 6.04 Å². The highest BCUT2D eigenvalue weighted by Crippen LogP contribution is 2.22. The van der Waals surface area contributed by atoms with Crippen molar-refractivity contribution in [1.82, 2.24) is 10.2 Å². The molecule has 2 heterocycles. The monoisotopic (exact) mass is 348 g/mol. The van der Waals surface area contributed by atoms with Gasteiger partial charge in [-0.25, -0.2) is 0 Å². The van der Waals surface area contributed by atoms with Crippen molar-refractivity contribution in [2.75, 3.05) is 13.1 Å². The molecule has 1 saturated heterocycles. The van der Waals surface area contributed by atoms with E-state index in [1.54, 1.807) is 0 Å². The first-order valence-electron chi connectivity index (χ1n) is 7.48. The zero-order valence-electron chi connectivity index (χ0n) is 12.3. The van der Waals surface area contributed by atoms with Gasteiger partial charge in [-0.05, 0) is 47.0 Å². The minimum atomic E-state index is 0.248. The lowest BCUT2D eigenvalue weighted by Gasteiger charge is -2.19. The van der Waals surface area contributed by atoms with Gasteiger partial charge in [0.1, 0.15) is 5.76 Å². The van der Waals surface area contributed by atoms with E-state index in [1.165, 1.54) is 12.0 Å². The summed E-state index contributed by atoms with van der Waals surface area (Å²) in [5.41, 5.74) is 1.39. The molecule has 2 unspecified atom stereocenters. The van der Waals surface area contributed by atoms with Gasteiger partial charge in [0.05, 0.1) is 6.04 Å². The molecule has 2 aromatic rings. The first-order chi connectivity index (χ1) is 10.2. The molecule has 0 spiro atoms. The van der Waals surface area contributed by atoms with Crippen LogP contribution in [0.25, 0.3) is 0 Å². The summed E-state index contributed by atoms with van der Waals surface area (Å²) in [4.78, 5) is 2.51. The lowest BCUT2D eigenvalue weighted by atomic mass is 10.2. The van der Waals surface area contributed by atoms with Crippen LogP contribution in [0.3, 0.4) is 0 Å². The molecular formula is C17H21BrN2O. The molecule has 1 aliphatic heterocycles. The highest BCUT2D eigenvalue weighted by molar-refractivity contribution is 9.10. The third kappa shape index (κ3) is 3.96. The minimum absolute atomic E-state index is 0.248. The van der Waals surface area contributed by atoms with Crippen molar-refractivity contribution in [1.29, 1.82) is 0 Å². The molecule has 21 heavy (non-hydrogen) atoms. The van der Waals surface area contributed by atoms with Crippen molar-refractivity contribution >= 4 is 15.9 Å². The van der Waals surface area contributed by atoms with Gasteiger partial charge in [-0.3, -0.25) is 4.90 Å². The molecule has 1 aromatic heterocycles. The number of benzene rings is 1. The zero-order valence-corrected chi connectivity index (χ0v) is 13.8. The summed E-state index contributed by atoms with van der Waals surface area (Å²) in [6.45, 7) is 5.45. The van der Waals surface area contributed by atoms with Crippen LogP contribution in [0.5, 0.6) is 0 Å². The average molecular weight is 349 g/mol. The summed E-state index contributed by atoms with van der Waals surface area (Å²) in [6.07, 6.45) is 1.19. The molecule has 112 valence electrons. The molecule has 1 fully saturated rings. The fraction of sp³-hybridized carbons (Fsp3) is 0.412. The molecular weight excluding hydrogens is 328 g/mol. The number of halogens is 1. The van der Waals surface area contributed by atoms with Crippen LogP contribution in [-0.4, -0.2) is 24.0 Å². The van der Waals surface area contributed by atoms with Crippen LogP contribution in [0.15, 0.2) is 51.6 Å². The largest absolute Gasteiger partial charge is 0.453 e. The molecule has 0 radical (unpaired) electrons. The number of furan rings is 1. The summed E-state index contributed by atoms with van der Waals surface area (Å²) in [7, 11) is 0. The molecule has 3 nitrogen and oxygen atoms in total. The average Bonchev–Trinajstić information content (AvgIpc) is 3.09. The van der Waals surface area contributed by atoms with Crippen LogP contribution in [-0.2, 0) is 6.54 Å². The van der Waals surface area contributed by atoms with Crippen LogP contribution in [0.1, 0.15) is 30.7 Å². The zero-order chi connectivity index (χ0) is 14.7. The van der Waals surface area contributed by atoms with E-state index in [9.17, 15) is 0 Å². The van der Waals surface area contributed by atoms with Gasteiger partial charge in [-0.1, -0.05) is 30.3 Å². The SMILES string of the molecule is CC(NC1CCN(Cc2ccccc2)C1)c1ccc(Br)o1. The van der Waals surface area contributed by atoms with Crippen molar-refractivity contribution < 1.29 is 4.42 Å². The summed E-state index contributed by atoms with van der Waals surface area (Å²) in [5, 5.41) is 3.67. The lowest BCUT2D eigenvalue weighted by molar-refractivity contribution is 0.311. The Labute approximate surface area is 134 Å². The molecule has 3 rings (SSSR count). The predicted molar refractivity (Wildman–Crippen MR) is 88.1 cm³/mol. The van der Waals surface area contributed by atoms with Crippen LogP contribution in [0.2, 0.25) is 0 Å². The number of nitrogens with one attached hydrogen (secondary N) is 1. The van der Waals surface area contributed by atoms with Crippen LogP contribution < -0.4 is 5.32 Å². The summed E-state index contributed by atoms with van der Waals surface area (Å²) < 4.78 is 6.41. The second-order valence-corrected chi connectivity index (χ2v) is 6.52. The third-order valence-corrected chi connectivity index (χ3v) is 4.45. The Balaban J connectivity index is 1.50. The molecule has 1 N–H and O–H groups in total. The number of hydrogen-bond donors (Lipinski definition) is 1. The van der Waals surface area contributed by atoms with Gasteiger partial charge in [0, 0.05) is 25.7 Å². The smallest absolute Gasteiger partial charge is 0.169 e. The summed E-state index contributed by atoms with van der Waals surface area (Å²) in [5.74, 6) is 0.989. The normalized spacial score (nSPS) is 20.8. The quantitative estimate of drug-likeness (QED) is 0.886. The minimum Gasteiger partial charge on any atom is -0.453 e. The lowest BCUT2D eigenvalue weighted by Crippen LogP contribution is -2.34. The highest BCUT2D eigenvalue weighted by atomic mass is 79.9. The second kappa shape index (κ2) is 6.77. The molecule has 1 aromatic carbocycles. The Morgan fingerprint density at radius 1 is 1.29 bits per heavy atom. The van der Waals surface area contributed by atoms with E-state index in [0.717, 1.165) is 30.1 Å². The van der Waals surface area contributed by atoms with Gasteiger partial charge < -0.3 is 9.73 Å². The molecule has 1 aliphatic rings. The van der Waals surface area contributed by atoms with Gasteiger partial charge in [0.15, 0.2) is 4.67 Å². The molecule has 0 aliphatic carbocycles. The van der Waals surface area contributed by atoms with Crippen molar-refractivity contribution in [2.45, 2.75) is 32.0 Å². The summed E-state index contributed by atoms with van der Waals surface area (Å²) in [6, 6.07) is 15.4. The van der Waals surface area contributed by atoms with E-state index in [1.807, 2.05) is 12.1 Å². The highest BCUT2D eigenvalue weighted by Gasteiger charge is 2.24. The van der Waals surface area contributed by atoms with Crippen LogP contribution in [0.4, 0.5) is 0 Å². The maximum absolute atomic E-state index is 5.62. The second-order valence-electron chi connectivity index (χ2n) is 5.74. The fourth-order valence-corrected chi connectivity index (χ4v) is 3.27. The Hall–Kier alpha value is -1.10. The van der Waals surface area contributed by atoms with E-state index < -0.39 is 0 Å². The maximum atomic E-state index is 5.62. The summed E-state index contributed by atoms with van der Waals surface area (Å²) >= 11 is 3.36. The van der Waals surface area contributed by atoms with Gasteiger partial charge in [0.2, 0.25) is 0 Å². The topological polar surface area (TPSA) is 28.4 Å². The molecule has 2 atom stereocenters. The number of hydrogen-bond acceptors (Lipinski definition) is 3. The molecule has 0 bridgehead atoms. The van der Waals surface area contributed by atoms with Gasteiger partial charge in [0.25, 0.3) is 0 Å². The number of nitrogens with zero attached hydrogens (tertiary/aromatic N) is 1. The van der Waals surface area contributed by atoms with Crippen molar-refractivity contribution in [3.63, 3.8) is 0 Å². The fourth-order valence-electron chi connectivity index (χ4n) is 2.95. The number of rotatable bonds is 5. The first kappa shape index (κ1) is 14.8. The standard InChI is InChI=1S/C17H21BrN2O/c1-13(16-7-8-17(18)21-16)19-15-9-10-20(12-15)11-14-5-3-2-4-6-14/h2-8,13,15,19H,9-12H2,1H3. The van der Waals surface area contributed by atoms with Crippen molar-refractivity contribution in [3.05, 3.63) is 58.5 Å². The van der Waals surface area contributed by atoms with Gasteiger partial charge in [-0.15, -0.1) is 0 Å². The van der Waals surface area contributed by atoms with Gasteiger partial charge in [-0.2, -0.15) is 0 Å². The van der Waals surface area contributed by atoms with Crippen LogP contribution in [0, 0.1) is 0 Å².